The van der Waals surface area contributed by atoms with Crippen molar-refractivity contribution in [2.45, 2.75) is 25.1 Å². The molecule has 7 heteroatoms. The summed E-state index contributed by atoms with van der Waals surface area (Å²) in [4.78, 5) is 1.15. The number of alkyl halides is 3. The first-order valence-electron chi connectivity index (χ1n) is 6.26. The first-order chi connectivity index (χ1) is 9.84. The van der Waals surface area contributed by atoms with Crippen LogP contribution in [0.2, 0.25) is 4.34 Å². The van der Waals surface area contributed by atoms with Gasteiger partial charge in [-0.25, -0.2) is 4.39 Å². The van der Waals surface area contributed by atoms with Crippen molar-refractivity contribution in [3.05, 3.63) is 50.4 Å². The Labute approximate surface area is 127 Å². The Hall–Kier alpha value is -1.27. The molecule has 0 saturated carbocycles. The molecule has 1 heterocycles. The van der Waals surface area contributed by atoms with Crippen molar-refractivity contribution < 1.29 is 17.6 Å². The van der Waals surface area contributed by atoms with Gasteiger partial charge in [-0.15, -0.1) is 11.3 Å². The maximum Gasteiger partial charge on any atom is 0.419 e. The molecule has 1 aliphatic carbocycles. The quantitative estimate of drug-likeness (QED) is 0.698. The predicted octanol–water partition coefficient (Wildman–Crippen LogP) is 5.66. The number of rotatable bonds is 2. The lowest BCUT2D eigenvalue weighted by atomic mass is 10.1. The maximum absolute atomic E-state index is 13.3. The molecule has 1 N–H and O–H groups in total. The minimum absolute atomic E-state index is 0.0877. The van der Waals surface area contributed by atoms with E-state index in [4.69, 9.17) is 11.6 Å². The average molecular weight is 336 g/mol. The van der Waals surface area contributed by atoms with E-state index in [1.807, 2.05) is 6.07 Å². The molecule has 1 unspecified atom stereocenters. The molecule has 0 fully saturated rings. The van der Waals surface area contributed by atoms with Crippen LogP contribution in [0.15, 0.2) is 24.3 Å². The van der Waals surface area contributed by atoms with Crippen LogP contribution in [0.5, 0.6) is 0 Å². The second-order valence-electron chi connectivity index (χ2n) is 4.86. The smallest absolute Gasteiger partial charge is 0.378 e. The van der Waals surface area contributed by atoms with Gasteiger partial charge >= 0.3 is 6.18 Å². The molecular formula is C14H10ClF4NS. The molecular weight excluding hydrogens is 326 g/mol. The third-order valence-electron chi connectivity index (χ3n) is 3.46. The van der Waals surface area contributed by atoms with Crippen molar-refractivity contribution >= 4 is 28.6 Å². The fourth-order valence-corrected chi connectivity index (χ4v) is 3.87. The van der Waals surface area contributed by atoms with Crippen LogP contribution in [-0.2, 0) is 12.6 Å². The molecule has 0 radical (unpaired) electrons. The number of nitrogens with one attached hydrogen (secondary N) is 1. The highest BCUT2D eigenvalue weighted by atomic mass is 35.5. The van der Waals surface area contributed by atoms with Crippen molar-refractivity contribution in [2.24, 2.45) is 0 Å². The highest BCUT2D eigenvalue weighted by Gasteiger charge is 2.34. The topological polar surface area (TPSA) is 12.0 Å². The van der Waals surface area contributed by atoms with Gasteiger partial charge in [0.25, 0.3) is 0 Å². The number of hydrogen-bond donors (Lipinski definition) is 1. The van der Waals surface area contributed by atoms with Gasteiger partial charge in [-0.1, -0.05) is 11.6 Å². The molecule has 0 amide bonds. The first kappa shape index (κ1) is 14.7. The molecule has 1 nitrogen and oxygen atoms in total. The summed E-state index contributed by atoms with van der Waals surface area (Å²) in [6.07, 6.45) is -3.07. The second kappa shape index (κ2) is 5.18. The minimum Gasteiger partial charge on any atom is -0.378 e. The Morgan fingerprint density at radius 3 is 2.71 bits per heavy atom. The van der Waals surface area contributed by atoms with E-state index >= 15 is 0 Å². The Bertz CT molecular complexity index is 680. The second-order valence-corrected chi connectivity index (χ2v) is 6.63. The third kappa shape index (κ3) is 2.87. The molecule has 3 rings (SSSR count). The van der Waals surface area contributed by atoms with Gasteiger partial charge in [0.1, 0.15) is 5.82 Å². The van der Waals surface area contributed by atoms with Gasteiger partial charge in [-0.05, 0) is 42.7 Å². The molecule has 112 valence electrons. The summed E-state index contributed by atoms with van der Waals surface area (Å²) >= 11 is 7.43. The number of benzene rings is 1. The molecule has 1 aromatic carbocycles. The summed E-state index contributed by atoms with van der Waals surface area (Å²) in [6.45, 7) is 0. The van der Waals surface area contributed by atoms with Crippen molar-refractivity contribution in [3.8, 4) is 0 Å². The number of aryl methyl sites for hydroxylation is 1. The standard InChI is InChI=1S/C14H10ClF4NS/c15-13-6-8-11(3-4-12(8)21-13)20-7-1-2-10(16)9(5-7)14(17,18)19/h1-2,5-6,11,20H,3-4H2. The van der Waals surface area contributed by atoms with Crippen LogP contribution in [0.1, 0.15) is 28.5 Å². The van der Waals surface area contributed by atoms with Gasteiger partial charge in [0.05, 0.1) is 15.9 Å². The third-order valence-corrected chi connectivity index (χ3v) is 4.80. The monoisotopic (exact) mass is 335 g/mol. The summed E-state index contributed by atoms with van der Waals surface area (Å²) in [5.41, 5.74) is 0.0147. The highest BCUT2D eigenvalue weighted by molar-refractivity contribution is 7.16. The largest absolute Gasteiger partial charge is 0.419 e. The number of fused-ring (bicyclic) bond motifs is 1. The molecule has 0 spiro atoms. The van der Waals surface area contributed by atoms with Gasteiger partial charge in [0.15, 0.2) is 0 Å². The Morgan fingerprint density at radius 1 is 1.24 bits per heavy atom. The van der Waals surface area contributed by atoms with E-state index in [0.717, 1.165) is 35.4 Å². The van der Waals surface area contributed by atoms with Crippen LogP contribution >= 0.6 is 22.9 Å². The van der Waals surface area contributed by atoms with E-state index in [0.29, 0.717) is 4.34 Å². The van der Waals surface area contributed by atoms with Crippen molar-refractivity contribution in [1.29, 1.82) is 0 Å². The Kier molecular flexibility index (Phi) is 3.61. The number of hydrogen-bond acceptors (Lipinski definition) is 2. The van der Waals surface area contributed by atoms with Crippen LogP contribution in [0.25, 0.3) is 0 Å². The van der Waals surface area contributed by atoms with E-state index in [1.54, 1.807) is 0 Å². The van der Waals surface area contributed by atoms with Crippen molar-refractivity contribution in [3.63, 3.8) is 0 Å². The summed E-state index contributed by atoms with van der Waals surface area (Å²) in [5, 5.41) is 3.03. The lowest BCUT2D eigenvalue weighted by Crippen LogP contribution is -2.11. The molecule has 1 aliphatic rings. The molecule has 21 heavy (non-hydrogen) atoms. The van der Waals surface area contributed by atoms with Crippen LogP contribution in [0.3, 0.4) is 0 Å². The zero-order chi connectivity index (χ0) is 15.2. The summed E-state index contributed by atoms with van der Waals surface area (Å²) < 4.78 is 52.0. The SMILES string of the molecule is Fc1ccc(NC2CCc3sc(Cl)cc32)cc1C(F)(F)F. The zero-order valence-electron chi connectivity index (χ0n) is 10.6. The van der Waals surface area contributed by atoms with Crippen molar-refractivity contribution in [2.75, 3.05) is 5.32 Å². The van der Waals surface area contributed by atoms with Crippen LogP contribution < -0.4 is 5.32 Å². The van der Waals surface area contributed by atoms with E-state index in [1.165, 1.54) is 17.4 Å². The van der Waals surface area contributed by atoms with E-state index < -0.39 is 17.6 Å². The fraction of sp³-hybridized carbons (Fsp3) is 0.286. The van der Waals surface area contributed by atoms with E-state index in [2.05, 4.69) is 5.32 Å². The fourth-order valence-electron chi connectivity index (χ4n) is 2.51. The maximum atomic E-state index is 13.3. The molecule has 2 aromatic rings. The van der Waals surface area contributed by atoms with Crippen LogP contribution in [0.4, 0.5) is 23.2 Å². The zero-order valence-corrected chi connectivity index (χ0v) is 12.2. The number of thiophene rings is 1. The first-order valence-corrected chi connectivity index (χ1v) is 7.45. The van der Waals surface area contributed by atoms with E-state index in [-0.39, 0.29) is 11.7 Å². The predicted molar refractivity (Wildman–Crippen MR) is 75.4 cm³/mol. The normalized spacial score (nSPS) is 17.9. The van der Waals surface area contributed by atoms with Crippen LogP contribution in [-0.4, -0.2) is 0 Å². The van der Waals surface area contributed by atoms with Gasteiger partial charge in [0, 0.05) is 10.6 Å². The van der Waals surface area contributed by atoms with Crippen molar-refractivity contribution in [1.82, 2.24) is 0 Å². The molecule has 0 saturated heterocycles. The average Bonchev–Trinajstić information content (AvgIpc) is 2.91. The van der Waals surface area contributed by atoms with E-state index in [9.17, 15) is 17.6 Å². The Morgan fingerprint density at radius 2 is 2.00 bits per heavy atom. The highest BCUT2D eigenvalue weighted by Crippen LogP contribution is 2.41. The van der Waals surface area contributed by atoms with Gasteiger partial charge in [-0.2, -0.15) is 13.2 Å². The van der Waals surface area contributed by atoms with Gasteiger partial charge in [0.2, 0.25) is 0 Å². The summed E-state index contributed by atoms with van der Waals surface area (Å²) in [6, 6.07) is 4.70. The van der Waals surface area contributed by atoms with Gasteiger partial charge < -0.3 is 5.32 Å². The molecule has 0 aliphatic heterocycles. The minimum atomic E-state index is -4.70. The molecule has 1 atom stereocenters. The summed E-state index contributed by atoms with van der Waals surface area (Å²) in [7, 11) is 0. The van der Waals surface area contributed by atoms with Crippen LogP contribution in [0, 0.1) is 5.82 Å². The summed E-state index contributed by atoms with van der Waals surface area (Å²) in [5.74, 6) is -1.27. The molecule has 0 bridgehead atoms. The van der Waals surface area contributed by atoms with Gasteiger partial charge in [-0.3, -0.25) is 0 Å². The lowest BCUT2D eigenvalue weighted by Gasteiger charge is -2.16. The number of halogens is 5. The lowest BCUT2D eigenvalue weighted by molar-refractivity contribution is -0.139. The number of anilines is 1. The molecule has 1 aromatic heterocycles. The Balaban J connectivity index is 1.86.